The zero-order chi connectivity index (χ0) is 9.19. The average Bonchev–Trinajstić information content (AvgIpc) is 2.35. The molecule has 12 heavy (non-hydrogen) atoms. The number of esters is 1. The van der Waals surface area contributed by atoms with Gasteiger partial charge in [0.05, 0.1) is 19.1 Å². The molecule has 0 N–H and O–H groups in total. The van der Waals surface area contributed by atoms with Gasteiger partial charge in [-0.2, -0.15) is 0 Å². The molecule has 0 saturated carbocycles. The summed E-state index contributed by atoms with van der Waals surface area (Å²) in [6.45, 7) is 6.07. The molecule has 1 aliphatic heterocycles. The second kappa shape index (κ2) is 3.41. The van der Waals surface area contributed by atoms with Gasteiger partial charge in [0, 0.05) is 6.92 Å². The maximum Gasteiger partial charge on any atom is 0.326 e. The normalized spacial score (nSPS) is 21.3. The molecular formula is C8H14O4. The van der Waals surface area contributed by atoms with Gasteiger partial charge in [0.2, 0.25) is 0 Å². The van der Waals surface area contributed by atoms with E-state index in [0.717, 1.165) is 0 Å². The summed E-state index contributed by atoms with van der Waals surface area (Å²) < 4.78 is 15.2. The number of ether oxygens (including phenoxy) is 3. The van der Waals surface area contributed by atoms with Gasteiger partial charge in [-0.05, 0) is 0 Å². The van der Waals surface area contributed by atoms with Crippen LogP contribution in [0.4, 0.5) is 0 Å². The van der Waals surface area contributed by atoms with Crippen LogP contribution in [-0.4, -0.2) is 25.2 Å². The third-order valence-electron chi connectivity index (χ3n) is 1.57. The Morgan fingerprint density at radius 1 is 1.42 bits per heavy atom. The Kier molecular flexibility index (Phi) is 2.69. The second-order valence-electron chi connectivity index (χ2n) is 3.14. The Bertz CT molecular complexity index is 170. The average molecular weight is 174 g/mol. The maximum atomic E-state index is 11.1. The summed E-state index contributed by atoms with van der Waals surface area (Å²) in [7, 11) is 0. The van der Waals surface area contributed by atoms with E-state index in [2.05, 4.69) is 0 Å². The lowest BCUT2D eigenvalue weighted by molar-refractivity contribution is -0.303. The van der Waals surface area contributed by atoms with Crippen LogP contribution < -0.4 is 0 Å². The van der Waals surface area contributed by atoms with Crippen molar-refractivity contribution in [2.75, 3.05) is 13.2 Å². The summed E-state index contributed by atoms with van der Waals surface area (Å²) in [5, 5.41) is 0. The molecule has 0 amide bonds. The van der Waals surface area contributed by atoms with E-state index in [4.69, 9.17) is 14.2 Å². The quantitative estimate of drug-likeness (QED) is 0.583. The summed E-state index contributed by atoms with van der Waals surface area (Å²) >= 11 is 0. The van der Waals surface area contributed by atoms with E-state index in [1.807, 2.05) is 0 Å². The molecule has 0 aromatic carbocycles. The summed E-state index contributed by atoms with van der Waals surface area (Å²) in [5.41, 5.74) is 0. The summed E-state index contributed by atoms with van der Waals surface area (Å²) in [4.78, 5) is 11.1. The zero-order valence-electron chi connectivity index (χ0n) is 7.62. The van der Waals surface area contributed by atoms with Gasteiger partial charge < -0.3 is 14.2 Å². The minimum absolute atomic E-state index is 0.158. The molecule has 4 heteroatoms. The van der Waals surface area contributed by atoms with Gasteiger partial charge in [-0.3, -0.25) is 4.79 Å². The topological polar surface area (TPSA) is 44.8 Å². The SMILES string of the molecule is CC(C)C(=O)OC1(C)OCCO1. The van der Waals surface area contributed by atoms with Gasteiger partial charge in [-0.15, -0.1) is 0 Å². The molecular weight excluding hydrogens is 160 g/mol. The van der Waals surface area contributed by atoms with Crippen LogP contribution in [0.3, 0.4) is 0 Å². The van der Waals surface area contributed by atoms with Gasteiger partial charge in [0.15, 0.2) is 0 Å². The first-order valence-electron chi connectivity index (χ1n) is 4.04. The van der Waals surface area contributed by atoms with Crippen LogP contribution >= 0.6 is 0 Å². The first-order valence-corrected chi connectivity index (χ1v) is 4.04. The van der Waals surface area contributed by atoms with Crippen LogP contribution in [-0.2, 0) is 19.0 Å². The summed E-state index contributed by atoms with van der Waals surface area (Å²) in [6, 6.07) is 0. The lowest BCUT2D eigenvalue weighted by Crippen LogP contribution is -2.34. The van der Waals surface area contributed by atoms with Gasteiger partial charge in [-0.25, -0.2) is 0 Å². The maximum absolute atomic E-state index is 11.1. The first-order chi connectivity index (χ1) is 5.53. The van der Waals surface area contributed by atoms with Gasteiger partial charge in [0.1, 0.15) is 0 Å². The summed E-state index contributed by atoms with van der Waals surface area (Å²) in [5.74, 6) is -1.62. The van der Waals surface area contributed by atoms with Crippen molar-refractivity contribution in [3.63, 3.8) is 0 Å². The second-order valence-corrected chi connectivity index (χ2v) is 3.14. The molecule has 0 unspecified atom stereocenters. The predicted octanol–water partition coefficient (Wildman–Crippen LogP) is 0.906. The van der Waals surface area contributed by atoms with Gasteiger partial charge in [-0.1, -0.05) is 13.8 Å². The largest absolute Gasteiger partial charge is 0.408 e. The Morgan fingerprint density at radius 3 is 2.33 bits per heavy atom. The van der Waals surface area contributed by atoms with E-state index in [0.29, 0.717) is 13.2 Å². The van der Waals surface area contributed by atoms with E-state index in [-0.39, 0.29) is 11.9 Å². The third-order valence-corrected chi connectivity index (χ3v) is 1.57. The smallest absolute Gasteiger partial charge is 0.326 e. The molecule has 0 bridgehead atoms. The van der Waals surface area contributed by atoms with Crippen LogP contribution in [0.15, 0.2) is 0 Å². The van der Waals surface area contributed by atoms with Crippen LogP contribution in [0.25, 0.3) is 0 Å². The molecule has 1 fully saturated rings. The van der Waals surface area contributed by atoms with Crippen molar-refractivity contribution in [3.05, 3.63) is 0 Å². The standard InChI is InChI=1S/C8H14O4/c1-6(2)7(9)12-8(3)10-4-5-11-8/h6H,4-5H2,1-3H3. The van der Waals surface area contributed by atoms with Crippen molar-refractivity contribution in [1.29, 1.82) is 0 Å². The molecule has 0 atom stereocenters. The Balaban J connectivity index is 2.44. The van der Waals surface area contributed by atoms with E-state index in [9.17, 15) is 4.79 Å². The fraction of sp³-hybridized carbons (Fsp3) is 0.875. The fourth-order valence-corrected chi connectivity index (χ4v) is 0.855. The summed E-state index contributed by atoms with van der Waals surface area (Å²) in [6.07, 6.45) is 0. The van der Waals surface area contributed by atoms with Crippen molar-refractivity contribution in [2.24, 2.45) is 5.92 Å². The van der Waals surface area contributed by atoms with Crippen LogP contribution in [0.5, 0.6) is 0 Å². The molecule has 0 radical (unpaired) electrons. The number of hydrogen-bond acceptors (Lipinski definition) is 4. The number of hydrogen-bond donors (Lipinski definition) is 0. The van der Waals surface area contributed by atoms with Crippen molar-refractivity contribution >= 4 is 5.97 Å². The van der Waals surface area contributed by atoms with Crippen LogP contribution in [0.1, 0.15) is 20.8 Å². The molecule has 0 aliphatic carbocycles. The molecule has 1 saturated heterocycles. The van der Waals surface area contributed by atoms with Crippen molar-refractivity contribution < 1.29 is 19.0 Å². The molecule has 0 aromatic rings. The molecule has 0 aromatic heterocycles. The van der Waals surface area contributed by atoms with Crippen molar-refractivity contribution in [1.82, 2.24) is 0 Å². The molecule has 70 valence electrons. The van der Waals surface area contributed by atoms with Crippen LogP contribution in [0, 0.1) is 5.92 Å². The highest BCUT2D eigenvalue weighted by Gasteiger charge is 2.36. The van der Waals surface area contributed by atoms with E-state index >= 15 is 0 Å². The van der Waals surface area contributed by atoms with E-state index in [1.165, 1.54) is 0 Å². The number of carbonyl (C=O) groups is 1. The molecule has 1 rings (SSSR count). The van der Waals surface area contributed by atoms with Crippen molar-refractivity contribution in [3.8, 4) is 0 Å². The zero-order valence-corrected chi connectivity index (χ0v) is 7.62. The van der Waals surface area contributed by atoms with Gasteiger partial charge in [0.25, 0.3) is 0 Å². The predicted molar refractivity (Wildman–Crippen MR) is 41.2 cm³/mol. The number of rotatable bonds is 2. The van der Waals surface area contributed by atoms with E-state index in [1.54, 1.807) is 20.8 Å². The van der Waals surface area contributed by atoms with E-state index < -0.39 is 5.97 Å². The minimum Gasteiger partial charge on any atom is -0.408 e. The molecule has 4 nitrogen and oxygen atoms in total. The lowest BCUT2D eigenvalue weighted by atomic mass is 10.2. The highest BCUT2D eigenvalue weighted by atomic mass is 16.9. The lowest BCUT2D eigenvalue weighted by Gasteiger charge is -2.22. The Labute approximate surface area is 71.8 Å². The van der Waals surface area contributed by atoms with Crippen LogP contribution in [0.2, 0.25) is 0 Å². The third kappa shape index (κ3) is 2.19. The fourth-order valence-electron chi connectivity index (χ4n) is 0.855. The highest BCUT2D eigenvalue weighted by Crippen LogP contribution is 2.21. The monoisotopic (exact) mass is 174 g/mol. The minimum atomic E-state index is -1.15. The Morgan fingerprint density at radius 2 is 1.92 bits per heavy atom. The number of carbonyl (C=O) groups excluding carboxylic acids is 1. The Hall–Kier alpha value is -0.610. The highest BCUT2D eigenvalue weighted by molar-refractivity contribution is 5.71. The molecule has 1 aliphatic rings. The molecule has 0 spiro atoms. The first kappa shape index (κ1) is 9.48. The van der Waals surface area contributed by atoms with Crippen molar-refractivity contribution in [2.45, 2.75) is 26.7 Å². The van der Waals surface area contributed by atoms with Gasteiger partial charge >= 0.3 is 11.9 Å². The molecule has 1 heterocycles.